The molecule has 0 fully saturated rings. The molecule has 1 aromatic heterocycles. The van der Waals surface area contributed by atoms with Crippen molar-refractivity contribution in [2.45, 2.75) is 17.6 Å². The van der Waals surface area contributed by atoms with Crippen molar-refractivity contribution >= 4 is 27.7 Å². The summed E-state index contributed by atoms with van der Waals surface area (Å²) in [5.74, 6) is 1.34. The van der Waals surface area contributed by atoms with Gasteiger partial charge in [-0.15, -0.1) is 11.8 Å². The van der Waals surface area contributed by atoms with Crippen LogP contribution in [0, 0.1) is 6.92 Å². The zero-order chi connectivity index (χ0) is 12.3. The number of nitrogens with zero attached hydrogens (tertiary/aromatic N) is 1. The second-order valence-electron chi connectivity index (χ2n) is 3.61. The highest BCUT2D eigenvalue weighted by Gasteiger charge is 2.01. The molecule has 3 nitrogen and oxygen atoms in total. The van der Waals surface area contributed by atoms with E-state index in [4.69, 9.17) is 0 Å². The Morgan fingerprint density at radius 2 is 2.29 bits per heavy atom. The number of benzene rings is 1. The number of H-pyrrole nitrogens is 1. The van der Waals surface area contributed by atoms with Crippen LogP contribution in [0.15, 0.2) is 44.6 Å². The van der Waals surface area contributed by atoms with E-state index in [1.807, 2.05) is 6.07 Å². The minimum atomic E-state index is -0.139. The Balaban J connectivity index is 2.07. The molecule has 0 aliphatic rings. The van der Waals surface area contributed by atoms with E-state index in [-0.39, 0.29) is 5.56 Å². The minimum Gasteiger partial charge on any atom is -0.309 e. The summed E-state index contributed by atoms with van der Waals surface area (Å²) in [7, 11) is 0. The number of nitrogens with one attached hydrogen (secondary N) is 1. The van der Waals surface area contributed by atoms with Crippen molar-refractivity contribution in [3.05, 3.63) is 56.7 Å². The van der Waals surface area contributed by atoms with Crippen molar-refractivity contribution in [3.63, 3.8) is 0 Å². The summed E-state index contributed by atoms with van der Waals surface area (Å²) >= 11 is 4.78. The second-order valence-corrected chi connectivity index (χ2v) is 5.52. The average molecular weight is 311 g/mol. The number of aryl methyl sites for hydroxylation is 1. The largest absolute Gasteiger partial charge is 0.309 e. The fourth-order valence-corrected chi connectivity index (χ4v) is 2.44. The van der Waals surface area contributed by atoms with Crippen LogP contribution >= 0.6 is 27.7 Å². The Bertz CT molecular complexity index is 583. The van der Waals surface area contributed by atoms with Crippen molar-refractivity contribution in [3.8, 4) is 0 Å². The number of halogens is 1. The zero-order valence-electron chi connectivity index (χ0n) is 9.24. The molecule has 0 radical (unpaired) electrons. The molecular formula is C12H11BrN2OS. The summed E-state index contributed by atoms with van der Waals surface area (Å²) in [5.41, 5.74) is 1.09. The molecule has 2 rings (SSSR count). The molecule has 1 heterocycles. The molecule has 1 aromatic carbocycles. The summed E-state index contributed by atoms with van der Waals surface area (Å²) < 4.78 is 0.460. The number of rotatable bonds is 3. The summed E-state index contributed by atoms with van der Waals surface area (Å²) in [6, 6.07) is 8.25. The van der Waals surface area contributed by atoms with Crippen LogP contribution in [0.2, 0.25) is 0 Å². The maximum atomic E-state index is 11.4. The lowest BCUT2D eigenvalue weighted by Crippen LogP contribution is -2.10. The van der Waals surface area contributed by atoms with Gasteiger partial charge in [0.2, 0.25) is 0 Å². The van der Waals surface area contributed by atoms with Gasteiger partial charge in [0.05, 0.1) is 5.75 Å². The maximum absolute atomic E-state index is 11.4. The van der Waals surface area contributed by atoms with Gasteiger partial charge in [0.1, 0.15) is 10.3 Å². The third-order valence-corrected chi connectivity index (χ3v) is 3.74. The predicted octanol–water partition coefficient (Wildman–Crippen LogP) is 3.13. The van der Waals surface area contributed by atoms with E-state index < -0.39 is 0 Å². The topological polar surface area (TPSA) is 45.8 Å². The van der Waals surface area contributed by atoms with E-state index in [1.54, 1.807) is 11.8 Å². The van der Waals surface area contributed by atoms with E-state index in [0.29, 0.717) is 16.0 Å². The van der Waals surface area contributed by atoms with Crippen molar-refractivity contribution in [1.82, 2.24) is 9.97 Å². The number of hydrogen-bond acceptors (Lipinski definition) is 3. The molecule has 0 saturated heterocycles. The Morgan fingerprint density at radius 3 is 3.00 bits per heavy atom. The van der Waals surface area contributed by atoms with Crippen molar-refractivity contribution in [1.29, 1.82) is 0 Å². The highest BCUT2D eigenvalue weighted by molar-refractivity contribution is 9.10. The molecule has 0 aliphatic carbocycles. The number of thioether (sulfide) groups is 1. The lowest BCUT2D eigenvalue weighted by molar-refractivity contribution is 0.990. The van der Waals surface area contributed by atoms with Crippen LogP contribution < -0.4 is 5.56 Å². The average Bonchev–Trinajstić information content (AvgIpc) is 2.31. The molecule has 5 heteroatoms. The van der Waals surface area contributed by atoms with Crippen LogP contribution in [-0.2, 0) is 5.75 Å². The van der Waals surface area contributed by atoms with Gasteiger partial charge in [0.15, 0.2) is 0 Å². The molecular weight excluding hydrogens is 300 g/mol. The van der Waals surface area contributed by atoms with Gasteiger partial charge in [0.25, 0.3) is 5.56 Å². The first kappa shape index (κ1) is 12.4. The third-order valence-electron chi connectivity index (χ3n) is 2.17. The maximum Gasteiger partial charge on any atom is 0.265 e. The van der Waals surface area contributed by atoms with Crippen LogP contribution in [0.4, 0.5) is 0 Å². The SMILES string of the molecule is Cc1cccc(SCc2ncc(Br)c(=O)[nH]2)c1. The summed E-state index contributed by atoms with van der Waals surface area (Å²) in [6.45, 7) is 2.06. The molecule has 0 spiro atoms. The highest BCUT2D eigenvalue weighted by atomic mass is 79.9. The van der Waals surface area contributed by atoms with Gasteiger partial charge in [-0.1, -0.05) is 17.7 Å². The van der Waals surface area contributed by atoms with E-state index in [0.717, 1.165) is 0 Å². The van der Waals surface area contributed by atoms with Crippen LogP contribution in [-0.4, -0.2) is 9.97 Å². The van der Waals surface area contributed by atoms with Crippen LogP contribution in [0.5, 0.6) is 0 Å². The van der Waals surface area contributed by atoms with Crippen molar-refractivity contribution in [2.24, 2.45) is 0 Å². The zero-order valence-corrected chi connectivity index (χ0v) is 11.6. The van der Waals surface area contributed by atoms with E-state index in [9.17, 15) is 4.79 Å². The van der Waals surface area contributed by atoms with Gasteiger partial charge < -0.3 is 4.98 Å². The van der Waals surface area contributed by atoms with E-state index in [1.165, 1.54) is 16.7 Å². The second kappa shape index (κ2) is 5.51. The summed E-state index contributed by atoms with van der Waals surface area (Å²) in [5, 5.41) is 0. The Kier molecular flexibility index (Phi) is 4.02. The Morgan fingerprint density at radius 1 is 1.47 bits per heavy atom. The minimum absolute atomic E-state index is 0.139. The standard InChI is InChI=1S/C12H11BrN2OS/c1-8-3-2-4-9(5-8)17-7-11-14-6-10(13)12(16)15-11/h2-6H,7H2,1H3,(H,14,15,16). The van der Waals surface area contributed by atoms with E-state index in [2.05, 4.69) is 51.0 Å². The number of hydrogen-bond donors (Lipinski definition) is 1. The Hall–Kier alpha value is -1.07. The normalized spacial score (nSPS) is 10.5. The Labute approximate surface area is 112 Å². The molecule has 0 aliphatic heterocycles. The fraction of sp³-hybridized carbons (Fsp3) is 0.167. The quantitative estimate of drug-likeness (QED) is 0.886. The first-order chi connectivity index (χ1) is 8.15. The van der Waals surface area contributed by atoms with Crippen LogP contribution in [0.1, 0.15) is 11.4 Å². The van der Waals surface area contributed by atoms with Gasteiger partial charge in [-0.3, -0.25) is 4.79 Å². The monoisotopic (exact) mass is 310 g/mol. The summed E-state index contributed by atoms with van der Waals surface area (Å²) in [4.78, 5) is 19.4. The molecule has 2 aromatic rings. The van der Waals surface area contributed by atoms with Gasteiger partial charge in [-0.25, -0.2) is 4.98 Å². The first-order valence-corrected chi connectivity index (χ1v) is 6.86. The third kappa shape index (κ3) is 3.44. The lowest BCUT2D eigenvalue weighted by Gasteiger charge is -2.02. The van der Waals surface area contributed by atoms with Gasteiger partial charge in [-0.05, 0) is 35.0 Å². The lowest BCUT2D eigenvalue weighted by atomic mass is 10.2. The fourth-order valence-electron chi connectivity index (χ4n) is 1.35. The molecule has 17 heavy (non-hydrogen) atoms. The van der Waals surface area contributed by atoms with Gasteiger partial charge in [-0.2, -0.15) is 0 Å². The van der Waals surface area contributed by atoms with Gasteiger partial charge >= 0.3 is 0 Å². The first-order valence-electron chi connectivity index (χ1n) is 5.08. The molecule has 0 saturated carbocycles. The predicted molar refractivity (Wildman–Crippen MR) is 73.3 cm³/mol. The molecule has 0 bridgehead atoms. The van der Waals surface area contributed by atoms with Crippen LogP contribution in [0.3, 0.4) is 0 Å². The number of aromatic nitrogens is 2. The van der Waals surface area contributed by atoms with Crippen LogP contribution in [0.25, 0.3) is 0 Å². The summed E-state index contributed by atoms with van der Waals surface area (Å²) in [6.07, 6.45) is 1.53. The van der Waals surface area contributed by atoms with E-state index >= 15 is 0 Å². The number of aromatic amines is 1. The molecule has 0 atom stereocenters. The highest BCUT2D eigenvalue weighted by Crippen LogP contribution is 2.21. The smallest absolute Gasteiger partial charge is 0.265 e. The van der Waals surface area contributed by atoms with Gasteiger partial charge in [0, 0.05) is 11.1 Å². The molecule has 88 valence electrons. The molecule has 0 amide bonds. The van der Waals surface area contributed by atoms with Crippen molar-refractivity contribution < 1.29 is 0 Å². The molecule has 1 N–H and O–H groups in total. The molecule has 0 unspecified atom stereocenters. The van der Waals surface area contributed by atoms with Crippen molar-refractivity contribution in [2.75, 3.05) is 0 Å².